The fraction of sp³-hybridized carbons (Fsp3) is 0.0164. The van der Waals surface area contributed by atoms with Crippen LogP contribution in [0.25, 0.3) is 44.4 Å². The Kier molecular flexibility index (Phi) is 9.35. The van der Waals surface area contributed by atoms with Gasteiger partial charge in [0.15, 0.2) is 16.1 Å². The van der Waals surface area contributed by atoms with Crippen LogP contribution < -0.4 is 46.4 Å². The van der Waals surface area contributed by atoms with E-state index in [1.807, 2.05) is 6.20 Å². The van der Waals surface area contributed by atoms with Crippen LogP contribution in [0.15, 0.2) is 253 Å². The molecule has 0 unspecified atom stereocenters. The molecular formula is C61H44N4OSi2. The van der Waals surface area contributed by atoms with Crippen LogP contribution in [0.2, 0.25) is 0 Å². The minimum absolute atomic E-state index is 0.858. The molecule has 0 saturated carbocycles. The Morgan fingerprint density at radius 3 is 1.78 bits per heavy atom. The Hall–Kier alpha value is -8.37. The molecule has 0 aliphatic carbocycles. The van der Waals surface area contributed by atoms with Crippen LogP contribution in [0.5, 0.6) is 0 Å². The molecule has 0 spiro atoms. The Morgan fingerprint density at radius 1 is 0.500 bits per heavy atom. The number of aromatic nitrogens is 3. The lowest BCUT2D eigenvalue weighted by Gasteiger charge is -2.44. The third-order valence-corrected chi connectivity index (χ3v) is 23.8. The van der Waals surface area contributed by atoms with Crippen molar-refractivity contribution in [1.29, 1.82) is 0 Å². The minimum Gasteiger partial charge on any atom is -0.456 e. The van der Waals surface area contributed by atoms with Crippen LogP contribution in [0.4, 0.5) is 17.2 Å². The number of anilines is 3. The van der Waals surface area contributed by atoms with Crippen LogP contribution in [0, 0.1) is 0 Å². The average molecular weight is 905 g/mol. The zero-order valence-corrected chi connectivity index (χ0v) is 39.4. The molecule has 12 aromatic rings. The van der Waals surface area contributed by atoms with Crippen molar-refractivity contribution >= 4 is 108 Å². The van der Waals surface area contributed by atoms with Crippen LogP contribution in [-0.2, 0) is 7.05 Å². The minimum atomic E-state index is -3.14. The molecule has 9 aromatic carbocycles. The molecule has 0 N–H and O–H groups in total. The monoisotopic (exact) mass is 904 g/mol. The van der Waals surface area contributed by atoms with Gasteiger partial charge in [0.2, 0.25) is 0 Å². The Labute approximate surface area is 396 Å². The van der Waals surface area contributed by atoms with Gasteiger partial charge < -0.3 is 8.98 Å². The number of furan rings is 1. The summed E-state index contributed by atoms with van der Waals surface area (Å²) in [6, 6.07) is 88.9. The molecule has 7 heteroatoms. The Bertz CT molecular complexity index is 3750. The lowest BCUT2D eigenvalue weighted by molar-refractivity contribution is 0.671. The Balaban J connectivity index is 1.11. The molecule has 0 amide bonds. The molecular weight excluding hydrogens is 861 g/mol. The molecule has 1 aliphatic rings. The highest BCUT2D eigenvalue weighted by atomic mass is 28.3. The third kappa shape index (κ3) is 5.86. The molecule has 0 saturated heterocycles. The summed E-state index contributed by atoms with van der Waals surface area (Å²) in [6.07, 6.45) is 2.04. The van der Waals surface area contributed by atoms with Crippen molar-refractivity contribution in [3.63, 3.8) is 0 Å². The lowest BCUT2D eigenvalue weighted by atomic mass is 10.1. The van der Waals surface area contributed by atoms with Crippen molar-refractivity contribution in [2.24, 2.45) is 7.05 Å². The highest BCUT2D eigenvalue weighted by Gasteiger charge is 2.52. The predicted molar refractivity (Wildman–Crippen MR) is 287 cm³/mol. The maximum atomic E-state index is 7.14. The van der Waals surface area contributed by atoms with E-state index in [0.717, 1.165) is 66.7 Å². The fourth-order valence-corrected chi connectivity index (χ4v) is 21.3. The van der Waals surface area contributed by atoms with Crippen molar-refractivity contribution in [2.75, 3.05) is 4.90 Å². The van der Waals surface area contributed by atoms with E-state index < -0.39 is 16.1 Å². The number of aryl methyl sites for hydroxylation is 1. The molecule has 5 nitrogen and oxygen atoms in total. The van der Waals surface area contributed by atoms with E-state index >= 15 is 0 Å². The van der Waals surface area contributed by atoms with Crippen LogP contribution in [0.1, 0.15) is 0 Å². The van der Waals surface area contributed by atoms with E-state index in [4.69, 9.17) is 14.4 Å². The topological polar surface area (TPSA) is 47.1 Å². The number of para-hydroxylation sites is 4. The van der Waals surface area contributed by atoms with Gasteiger partial charge in [-0.05, 0) is 72.7 Å². The highest BCUT2D eigenvalue weighted by Crippen LogP contribution is 2.40. The third-order valence-electron chi connectivity index (χ3n) is 14.2. The number of imidazole rings is 1. The number of pyridine rings is 1. The number of nitrogens with zero attached hydrogens (tertiary/aromatic N) is 4. The molecule has 0 bridgehead atoms. The zero-order chi connectivity index (χ0) is 45.2. The van der Waals surface area contributed by atoms with Crippen molar-refractivity contribution in [3.05, 3.63) is 249 Å². The summed E-state index contributed by atoms with van der Waals surface area (Å²) in [5.74, 6) is 1.84. The first-order chi connectivity index (χ1) is 33.7. The largest absolute Gasteiger partial charge is 0.456 e. The first-order valence-electron chi connectivity index (χ1n) is 23.2. The van der Waals surface area contributed by atoms with Gasteiger partial charge in [-0.15, -0.1) is 0 Å². The second kappa shape index (κ2) is 15.9. The molecule has 0 fully saturated rings. The van der Waals surface area contributed by atoms with Crippen LogP contribution in [0.3, 0.4) is 0 Å². The summed E-state index contributed by atoms with van der Waals surface area (Å²) in [4.78, 5) is 13.2. The van der Waals surface area contributed by atoms with E-state index in [9.17, 15) is 0 Å². The normalized spacial score (nSPS) is 13.2. The smallest absolute Gasteiger partial charge is 0.191 e. The van der Waals surface area contributed by atoms with Gasteiger partial charge >= 0.3 is 0 Å². The fourth-order valence-electron chi connectivity index (χ4n) is 11.4. The second-order valence-corrected chi connectivity index (χ2v) is 25.2. The maximum absolute atomic E-state index is 7.14. The molecule has 0 atom stereocenters. The summed E-state index contributed by atoms with van der Waals surface area (Å²) < 4.78 is 9.36. The number of fused-ring (bicyclic) bond motifs is 7. The summed E-state index contributed by atoms with van der Waals surface area (Å²) in [5, 5.41) is 12.2. The first-order valence-corrected chi connectivity index (χ1v) is 27.2. The van der Waals surface area contributed by atoms with Crippen molar-refractivity contribution in [1.82, 2.24) is 14.5 Å². The van der Waals surface area contributed by atoms with Crippen molar-refractivity contribution in [3.8, 4) is 11.4 Å². The van der Waals surface area contributed by atoms with Crippen LogP contribution >= 0.6 is 0 Å². The van der Waals surface area contributed by atoms with Gasteiger partial charge in [0, 0.05) is 46.1 Å². The number of benzene rings is 9. The number of rotatable bonds is 8. The van der Waals surface area contributed by atoms with E-state index in [0.29, 0.717) is 0 Å². The molecule has 322 valence electrons. The number of hydrogen-bond donors (Lipinski definition) is 0. The summed E-state index contributed by atoms with van der Waals surface area (Å²) >= 11 is 0. The SMILES string of the molecule is Cn1c(-c2cccc([Si](c3ccccc3)(c3ccccc3)c3cccc(N4c5ccccc5[Si](c5ccccc5)(c5ccccc5)c5c4ncc4c5oc5ccccc54)c3)c2)nc2ccccc21. The molecule has 68 heavy (non-hydrogen) atoms. The molecule has 0 radical (unpaired) electrons. The molecule has 13 rings (SSSR count). The summed E-state index contributed by atoms with van der Waals surface area (Å²) in [5.41, 5.74) is 7.09. The first kappa shape index (κ1) is 40.0. The molecule has 1 aliphatic heterocycles. The highest BCUT2D eigenvalue weighted by molar-refractivity contribution is 7.22. The average Bonchev–Trinajstić information content (AvgIpc) is 3.97. The molecule has 4 heterocycles. The maximum Gasteiger partial charge on any atom is 0.191 e. The van der Waals surface area contributed by atoms with Gasteiger partial charge in [0.05, 0.1) is 11.0 Å². The summed E-state index contributed by atoms with van der Waals surface area (Å²) in [6.45, 7) is 0. The van der Waals surface area contributed by atoms with Crippen molar-refractivity contribution in [2.45, 2.75) is 0 Å². The van der Waals surface area contributed by atoms with Gasteiger partial charge in [-0.2, -0.15) is 0 Å². The van der Waals surface area contributed by atoms with E-state index in [2.05, 4.69) is 259 Å². The van der Waals surface area contributed by atoms with Gasteiger partial charge in [-0.3, -0.25) is 4.90 Å². The zero-order valence-electron chi connectivity index (χ0n) is 37.4. The standard InChI is InChI=1S/C61H44N4OSi2/c1-64-54-36-16-15-35-53(54)63-60(64)43-22-20-32-49(40-43)67(45-24-6-2-7-25-45,46-26-8-3-9-27-46)50-33-21-23-44(41-50)65-55-37-17-19-39-57(55)68(47-28-10-4-11-29-47,48-30-12-5-13-31-48)59-58-52(42-62-61(59)65)51-34-14-18-38-56(51)66-58/h2-42H,1H3. The van der Waals surface area contributed by atoms with Crippen LogP contribution in [-0.4, -0.2) is 30.7 Å². The van der Waals surface area contributed by atoms with Gasteiger partial charge in [0.25, 0.3) is 0 Å². The van der Waals surface area contributed by atoms with Gasteiger partial charge in [-0.1, -0.05) is 206 Å². The van der Waals surface area contributed by atoms with Gasteiger partial charge in [-0.25, -0.2) is 9.97 Å². The van der Waals surface area contributed by atoms with E-state index in [-0.39, 0.29) is 0 Å². The quantitative estimate of drug-likeness (QED) is 0.113. The molecule has 3 aromatic heterocycles. The Morgan fingerprint density at radius 2 is 1.07 bits per heavy atom. The second-order valence-electron chi connectivity index (χ2n) is 17.7. The van der Waals surface area contributed by atoms with Gasteiger partial charge in [0.1, 0.15) is 22.8 Å². The number of hydrogen-bond acceptors (Lipinski definition) is 4. The lowest BCUT2D eigenvalue weighted by Crippen LogP contribution is -2.77. The van der Waals surface area contributed by atoms with E-state index in [1.54, 1.807) is 0 Å². The predicted octanol–water partition coefficient (Wildman–Crippen LogP) is 9.07. The van der Waals surface area contributed by atoms with E-state index in [1.165, 1.54) is 36.3 Å². The van der Waals surface area contributed by atoms with Crippen molar-refractivity contribution < 1.29 is 4.42 Å². The summed E-state index contributed by atoms with van der Waals surface area (Å²) in [7, 11) is -4.11.